The lowest BCUT2D eigenvalue weighted by Crippen LogP contribution is -2.38. The topological polar surface area (TPSA) is 67.8 Å². The maximum atomic E-state index is 13.7. The van der Waals surface area contributed by atoms with Crippen LogP contribution in [0.5, 0.6) is 5.75 Å². The van der Waals surface area contributed by atoms with Gasteiger partial charge in [-0.2, -0.15) is 13.2 Å². The Hall–Kier alpha value is -2.40. The van der Waals surface area contributed by atoms with Gasteiger partial charge < -0.3 is 20.1 Å². The Bertz CT molecular complexity index is 854. The van der Waals surface area contributed by atoms with Gasteiger partial charge in [-0.3, -0.25) is 4.99 Å². The number of hydrogen-bond acceptors (Lipinski definition) is 5. The number of alkyl halides is 3. The van der Waals surface area contributed by atoms with E-state index < -0.39 is 11.9 Å². The summed E-state index contributed by atoms with van der Waals surface area (Å²) in [5.74, 6) is 0.660. The number of halogens is 4. The van der Waals surface area contributed by atoms with Gasteiger partial charge in [0, 0.05) is 24.5 Å². The first-order valence-electron chi connectivity index (χ1n) is 8.35. The van der Waals surface area contributed by atoms with Gasteiger partial charge >= 0.3 is 6.18 Å². The molecule has 0 unspecified atom stereocenters. The van der Waals surface area contributed by atoms with Gasteiger partial charge in [0.2, 0.25) is 0 Å². The van der Waals surface area contributed by atoms with Gasteiger partial charge in [0.1, 0.15) is 16.6 Å². The summed E-state index contributed by atoms with van der Waals surface area (Å²) < 4.78 is 62.1. The van der Waals surface area contributed by atoms with E-state index in [2.05, 4.69) is 20.6 Å². The lowest BCUT2D eigenvalue weighted by molar-refractivity contribution is -0.140. The first kappa shape index (κ1) is 20.3. The largest absolute Gasteiger partial charge is 0.467 e. The highest BCUT2D eigenvalue weighted by molar-refractivity contribution is 7.09. The number of hydrogen-bond donors (Lipinski definition) is 2. The summed E-state index contributed by atoms with van der Waals surface area (Å²) in [6, 6.07) is 2.80. The summed E-state index contributed by atoms with van der Waals surface area (Å²) in [6.07, 6.45) is -3.98. The van der Waals surface area contributed by atoms with Gasteiger partial charge in [-0.25, -0.2) is 9.37 Å². The molecule has 1 aromatic carbocycles. The molecule has 0 fully saturated rings. The fourth-order valence-electron chi connectivity index (χ4n) is 2.66. The zero-order chi connectivity index (χ0) is 20.1. The third kappa shape index (κ3) is 5.10. The third-order valence-corrected chi connectivity index (χ3v) is 4.76. The molecule has 2 N–H and O–H groups in total. The predicted octanol–water partition coefficient (Wildman–Crippen LogP) is 3.08. The van der Waals surface area contributed by atoms with Crippen LogP contribution in [-0.2, 0) is 30.5 Å². The minimum Gasteiger partial charge on any atom is -0.467 e. The second-order valence-corrected chi connectivity index (χ2v) is 6.83. The Morgan fingerprint density at radius 3 is 2.86 bits per heavy atom. The van der Waals surface area contributed by atoms with Crippen molar-refractivity contribution in [1.29, 1.82) is 0 Å². The predicted molar refractivity (Wildman–Crippen MR) is 95.7 cm³/mol. The molecule has 11 heteroatoms. The zero-order valence-electron chi connectivity index (χ0n) is 14.9. The van der Waals surface area contributed by atoms with Gasteiger partial charge in [-0.1, -0.05) is 0 Å². The zero-order valence-corrected chi connectivity index (χ0v) is 15.7. The van der Waals surface area contributed by atoms with Crippen LogP contribution in [-0.4, -0.2) is 31.3 Å². The molecule has 28 heavy (non-hydrogen) atoms. The Kier molecular flexibility index (Phi) is 6.35. The Morgan fingerprint density at radius 1 is 1.32 bits per heavy atom. The van der Waals surface area contributed by atoms with E-state index >= 15 is 0 Å². The van der Waals surface area contributed by atoms with Crippen molar-refractivity contribution in [1.82, 2.24) is 15.6 Å². The Morgan fingerprint density at radius 2 is 2.14 bits per heavy atom. The molecule has 2 heterocycles. The normalized spacial score (nSPS) is 14.4. The number of ether oxygens (including phenoxy) is 2. The summed E-state index contributed by atoms with van der Waals surface area (Å²) in [5.41, 5.74) is 0.459. The van der Waals surface area contributed by atoms with E-state index in [0.717, 1.165) is 16.7 Å². The van der Waals surface area contributed by atoms with Crippen molar-refractivity contribution in [2.75, 3.05) is 20.4 Å². The number of guanidine groups is 1. The van der Waals surface area contributed by atoms with E-state index in [1.807, 2.05) is 0 Å². The van der Waals surface area contributed by atoms with Crippen LogP contribution in [0.2, 0.25) is 0 Å². The number of rotatable bonds is 5. The number of thiazole rings is 1. The van der Waals surface area contributed by atoms with Crippen LogP contribution in [0.15, 0.2) is 22.5 Å². The van der Waals surface area contributed by atoms with Crippen LogP contribution in [0.1, 0.15) is 21.8 Å². The molecule has 3 rings (SSSR count). The smallest absolute Gasteiger partial charge is 0.434 e. The molecular formula is C17H18F4N4O2S. The van der Waals surface area contributed by atoms with Crippen molar-refractivity contribution < 1.29 is 27.0 Å². The molecule has 1 aliphatic heterocycles. The molecule has 2 aromatic rings. The molecule has 0 saturated carbocycles. The summed E-state index contributed by atoms with van der Waals surface area (Å²) in [7, 11) is 1.54. The summed E-state index contributed by atoms with van der Waals surface area (Å²) >= 11 is 0.920. The minimum atomic E-state index is -4.45. The maximum absolute atomic E-state index is 13.7. The molecule has 0 bridgehead atoms. The van der Waals surface area contributed by atoms with Crippen molar-refractivity contribution >= 4 is 17.3 Å². The second-order valence-electron chi connectivity index (χ2n) is 5.89. The maximum Gasteiger partial charge on any atom is 0.434 e. The molecule has 0 atom stereocenters. The molecule has 0 amide bonds. The molecule has 1 aliphatic rings. The van der Waals surface area contributed by atoms with Crippen LogP contribution < -0.4 is 15.4 Å². The van der Waals surface area contributed by atoms with Crippen molar-refractivity contribution in [3.63, 3.8) is 0 Å². The molecule has 152 valence electrons. The second kappa shape index (κ2) is 8.74. The molecule has 6 nitrogen and oxygen atoms in total. The lowest BCUT2D eigenvalue weighted by Gasteiger charge is -2.21. The number of benzene rings is 1. The van der Waals surface area contributed by atoms with Gasteiger partial charge in [-0.15, -0.1) is 11.3 Å². The number of nitrogens with zero attached hydrogens (tertiary/aromatic N) is 2. The van der Waals surface area contributed by atoms with Crippen molar-refractivity contribution in [2.24, 2.45) is 4.99 Å². The van der Waals surface area contributed by atoms with Crippen molar-refractivity contribution in [3.8, 4) is 5.75 Å². The van der Waals surface area contributed by atoms with Crippen LogP contribution in [0, 0.1) is 5.82 Å². The molecule has 0 spiro atoms. The van der Waals surface area contributed by atoms with E-state index in [-0.39, 0.29) is 19.2 Å². The third-order valence-electron chi connectivity index (χ3n) is 3.91. The van der Waals surface area contributed by atoms with Crippen LogP contribution in [0.25, 0.3) is 0 Å². The van der Waals surface area contributed by atoms with E-state index in [4.69, 9.17) is 9.47 Å². The van der Waals surface area contributed by atoms with Gasteiger partial charge in [-0.05, 0) is 24.1 Å². The standard InChI is InChI=1S/C17H18F4N4O2S/c1-22-16(24-6-14-25-13(8-28-14)17(19,20)21)23-3-2-10-4-12(18)5-11-7-26-9-27-15(10)11/h4-5,8H,2-3,6-7,9H2,1H3,(H2,22,23,24). The minimum absolute atomic E-state index is 0.107. The summed E-state index contributed by atoms with van der Waals surface area (Å²) in [4.78, 5) is 7.57. The highest BCUT2D eigenvalue weighted by Gasteiger charge is 2.33. The van der Waals surface area contributed by atoms with Gasteiger partial charge in [0.15, 0.2) is 18.4 Å². The first-order chi connectivity index (χ1) is 13.4. The quantitative estimate of drug-likeness (QED) is 0.444. The van der Waals surface area contributed by atoms with Crippen molar-refractivity contribution in [2.45, 2.75) is 25.7 Å². The highest BCUT2D eigenvalue weighted by atomic mass is 32.1. The van der Waals surface area contributed by atoms with Crippen molar-refractivity contribution in [3.05, 3.63) is 45.2 Å². The number of aromatic nitrogens is 1. The summed E-state index contributed by atoms with van der Waals surface area (Å²) in [6.45, 7) is 0.947. The average Bonchev–Trinajstić information content (AvgIpc) is 3.13. The average molecular weight is 418 g/mol. The van der Waals surface area contributed by atoms with E-state index in [1.165, 1.54) is 12.1 Å². The Labute approximate surface area is 162 Å². The first-order valence-corrected chi connectivity index (χ1v) is 9.22. The number of fused-ring (bicyclic) bond motifs is 1. The molecule has 1 aromatic heterocycles. The van der Waals surface area contributed by atoms with Gasteiger partial charge in [0.25, 0.3) is 0 Å². The number of aliphatic imine (C=N–C) groups is 1. The lowest BCUT2D eigenvalue weighted by atomic mass is 10.1. The Balaban J connectivity index is 1.53. The molecule has 0 saturated heterocycles. The van der Waals surface area contributed by atoms with Crippen LogP contribution in [0.3, 0.4) is 0 Å². The van der Waals surface area contributed by atoms with Crippen LogP contribution in [0.4, 0.5) is 17.6 Å². The SMILES string of the molecule is CN=C(NCCc1cc(F)cc2c1OCOC2)NCc1nc(C(F)(F)F)cs1. The van der Waals surface area contributed by atoms with Crippen LogP contribution >= 0.6 is 11.3 Å². The van der Waals surface area contributed by atoms with E-state index in [1.54, 1.807) is 7.05 Å². The van der Waals surface area contributed by atoms with E-state index in [0.29, 0.717) is 47.4 Å². The molecular weight excluding hydrogens is 400 g/mol. The summed E-state index contributed by atoms with van der Waals surface area (Å²) in [5, 5.41) is 7.21. The fourth-order valence-corrected chi connectivity index (χ4v) is 3.40. The van der Waals surface area contributed by atoms with E-state index in [9.17, 15) is 17.6 Å². The fraction of sp³-hybridized carbons (Fsp3) is 0.412. The monoisotopic (exact) mass is 418 g/mol. The van der Waals surface area contributed by atoms with Gasteiger partial charge in [0.05, 0.1) is 13.2 Å². The molecule has 0 aliphatic carbocycles. The molecule has 0 radical (unpaired) electrons. The number of nitrogens with one attached hydrogen (secondary N) is 2. The highest BCUT2D eigenvalue weighted by Crippen LogP contribution is 2.30.